The van der Waals surface area contributed by atoms with Gasteiger partial charge in [0.2, 0.25) is 0 Å². The van der Waals surface area contributed by atoms with E-state index in [0.717, 1.165) is 3.57 Å². The summed E-state index contributed by atoms with van der Waals surface area (Å²) in [6, 6.07) is 7.31. The van der Waals surface area contributed by atoms with Gasteiger partial charge < -0.3 is 25.2 Å². The molecule has 0 saturated heterocycles. The first-order valence-corrected chi connectivity index (χ1v) is 9.49. The van der Waals surface area contributed by atoms with Crippen LogP contribution in [-0.2, 0) is 4.74 Å². The fraction of sp³-hybridized carbons (Fsp3) is 0.200. The Morgan fingerprint density at radius 1 is 1.25 bits per heavy atom. The molecule has 3 rings (SSSR count). The molecule has 1 heterocycles. The molecular formula is C20H19F2IN2O3. The first-order valence-electron chi connectivity index (χ1n) is 8.41. The van der Waals surface area contributed by atoms with Crippen molar-refractivity contribution in [3.63, 3.8) is 0 Å². The van der Waals surface area contributed by atoms with E-state index in [-0.39, 0.29) is 12.3 Å². The first kappa shape index (κ1) is 20.6. The summed E-state index contributed by atoms with van der Waals surface area (Å²) in [6.07, 6.45) is 0.579. The molecule has 2 aromatic rings. The molecule has 1 aliphatic heterocycles. The van der Waals surface area contributed by atoms with Crippen molar-refractivity contribution in [2.45, 2.75) is 6.10 Å². The third-order valence-corrected chi connectivity index (χ3v) is 4.89. The van der Waals surface area contributed by atoms with Gasteiger partial charge in [-0.1, -0.05) is 6.58 Å². The number of hydrogen-bond donors (Lipinski definition) is 3. The van der Waals surface area contributed by atoms with Crippen LogP contribution in [0.4, 0.5) is 25.8 Å². The lowest BCUT2D eigenvalue weighted by Crippen LogP contribution is -2.23. The maximum atomic E-state index is 14.3. The van der Waals surface area contributed by atoms with E-state index >= 15 is 0 Å². The van der Waals surface area contributed by atoms with Gasteiger partial charge in [0.05, 0.1) is 23.7 Å². The van der Waals surface area contributed by atoms with Gasteiger partial charge in [-0.15, -0.1) is 0 Å². The Bertz CT molecular complexity index is 949. The van der Waals surface area contributed by atoms with Gasteiger partial charge in [0.25, 0.3) is 0 Å². The van der Waals surface area contributed by atoms with E-state index in [9.17, 15) is 13.9 Å². The predicted molar refractivity (Wildman–Crippen MR) is 113 cm³/mol. The number of hydrogen-bond acceptors (Lipinski definition) is 5. The summed E-state index contributed by atoms with van der Waals surface area (Å²) in [5.74, 6) is -0.585. The molecular weight excluding hydrogens is 481 g/mol. The molecule has 0 saturated carbocycles. The van der Waals surface area contributed by atoms with Gasteiger partial charge in [-0.2, -0.15) is 0 Å². The third-order valence-electron chi connectivity index (χ3n) is 4.21. The van der Waals surface area contributed by atoms with E-state index in [1.807, 2.05) is 22.6 Å². The van der Waals surface area contributed by atoms with Crippen LogP contribution in [0.1, 0.15) is 5.56 Å². The predicted octanol–water partition coefficient (Wildman–Crippen LogP) is 3.99. The molecule has 5 nitrogen and oxygen atoms in total. The molecule has 1 aliphatic rings. The van der Waals surface area contributed by atoms with Crippen molar-refractivity contribution < 1.29 is 23.7 Å². The summed E-state index contributed by atoms with van der Waals surface area (Å²) in [7, 11) is 1.71. The quantitative estimate of drug-likeness (QED) is 0.524. The van der Waals surface area contributed by atoms with Crippen molar-refractivity contribution in [3.8, 4) is 0 Å². The summed E-state index contributed by atoms with van der Waals surface area (Å²) in [5.41, 5.74) is 2.08. The highest BCUT2D eigenvalue weighted by atomic mass is 127. The smallest absolute Gasteiger partial charge is 0.147 e. The summed E-state index contributed by atoms with van der Waals surface area (Å²) in [6.45, 7) is 3.46. The molecule has 148 valence electrons. The van der Waals surface area contributed by atoms with Gasteiger partial charge in [-0.3, -0.25) is 0 Å². The van der Waals surface area contributed by atoms with Crippen LogP contribution >= 0.6 is 22.6 Å². The number of ether oxygens (including phenoxy) is 1. The van der Waals surface area contributed by atoms with Gasteiger partial charge in [-0.05, 0) is 52.9 Å². The van der Waals surface area contributed by atoms with Crippen LogP contribution in [0.2, 0.25) is 0 Å². The van der Waals surface area contributed by atoms with Gasteiger partial charge in [-0.25, -0.2) is 8.78 Å². The number of rotatable bonds is 6. The molecule has 0 aromatic heterocycles. The van der Waals surface area contributed by atoms with E-state index in [4.69, 9.17) is 9.84 Å². The minimum atomic E-state index is -1.04. The van der Waals surface area contributed by atoms with E-state index in [2.05, 4.69) is 11.9 Å². The fourth-order valence-electron chi connectivity index (χ4n) is 2.83. The maximum Gasteiger partial charge on any atom is 0.147 e. The second kappa shape index (κ2) is 8.46. The minimum Gasteiger partial charge on any atom is -0.489 e. The zero-order valence-corrected chi connectivity index (χ0v) is 17.2. The lowest BCUT2D eigenvalue weighted by Gasteiger charge is -2.30. The maximum absolute atomic E-state index is 14.3. The Kier molecular flexibility index (Phi) is 6.21. The Hall–Kier alpha value is -2.17. The monoisotopic (exact) mass is 500 g/mol. The zero-order valence-electron chi connectivity index (χ0n) is 15.0. The lowest BCUT2D eigenvalue weighted by molar-refractivity contribution is 0.0335. The van der Waals surface area contributed by atoms with Crippen molar-refractivity contribution in [1.29, 1.82) is 0 Å². The van der Waals surface area contributed by atoms with Crippen molar-refractivity contribution in [1.82, 2.24) is 0 Å². The number of halogens is 3. The molecule has 2 aromatic carbocycles. The van der Waals surface area contributed by atoms with E-state index < -0.39 is 24.3 Å². The number of aliphatic hydroxyl groups excluding tert-OH is 2. The van der Waals surface area contributed by atoms with Crippen LogP contribution in [0.5, 0.6) is 0 Å². The summed E-state index contributed by atoms with van der Waals surface area (Å²) < 4.78 is 34.8. The van der Waals surface area contributed by atoms with Crippen LogP contribution in [-0.4, -0.2) is 36.6 Å². The molecule has 0 amide bonds. The summed E-state index contributed by atoms with van der Waals surface area (Å²) in [4.78, 5) is 1.66. The molecule has 1 atom stereocenters. The highest BCUT2D eigenvalue weighted by molar-refractivity contribution is 14.1. The molecule has 0 aliphatic carbocycles. The number of fused-ring (bicyclic) bond motifs is 1. The second-order valence-corrected chi connectivity index (χ2v) is 7.57. The van der Waals surface area contributed by atoms with Crippen LogP contribution in [0.25, 0.3) is 5.57 Å². The van der Waals surface area contributed by atoms with Gasteiger partial charge in [0.15, 0.2) is 0 Å². The minimum absolute atomic E-state index is 0.125. The number of aliphatic hydroxyl groups is 2. The third kappa shape index (κ3) is 4.29. The molecule has 28 heavy (non-hydrogen) atoms. The summed E-state index contributed by atoms with van der Waals surface area (Å²) in [5, 5.41) is 21.4. The number of benzene rings is 2. The molecule has 0 fully saturated rings. The average molecular weight is 500 g/mol. The van der Waals surface area contributed by atoms with E-state index in [1.165, 1.54) is 18.2 Å². The van der Waals surface area contributed by atoms with Gasteiger partial charge in [0, 0.05) is 28.0 Å². The molecule has 0 spiro atoms. The first-order chi connectivity index (χ1) is 13.3. The van der Waals surface area contributed by atoms with Crippen molar-refractivity contribution in [2.75, 3.05) is 30.5 Å². The number of anilines is 3. The van der Waals surface area contributed by atoms with E-state index in [0.29, 0.717) is 28.3 Å². The van der Waals surface area contributed by atoms with Crippen LogP contribution in [0, 0.1) is 15.2 Å². The Morgan fingerprint density at radius 2 is 2.00 bits per heavy atom. The van der Waals surface area contributed by atoms with Crippen molar-refractivity contribution >= 4 is 45.2 Å². The highest BCUT2D eigenvalue weighted by Crippen LogP contribution is 2.42. The second-order valence-electron chi connectivity index (χ2n) is 6.33. The lowest BCUT2D eigenvalue weighted by atomic mass is 9.97. The fourth-order valence-corrected chi connectivity index (χ4v) is 3.29. The SMILES string of the molecule is C=C1C(OC[C@H](O)CO)=CN(C)c2cc(F)cc(Nc3ccc(I)cc3F)c21. The van der Waals surface area contributed by atoms with Crippen LogP contribution in [0.3, 0.4) is 0 Å². The molecule has 3 N–H and O–H groups in total. The number of nitrogens with one attached hydrogen (secondary N) is 1. The number of nitrogens with zero attached hydrogens (tertiary/aromatic N) is 1. The highest BCUT2D eigenvalue weighted by Gasteiger charge is 2.25. The Morgan fingerprint density at radius 3 is 2.68 bits per heavy atom. The molecule has 0 bridgehead atoms. The normalized spacial score (nSPS) is 14.4. The van der Waals surface area contributed by atoms with Crippen molar-refractivity contribution in [2.24, 2.45) is 0 Å². The molecule has 8 heteroatoms. The van der Waals surface area contributed by atoms with Gasteiger partial charge >= 0.3 is 0 Å². The van der Waals surface area contributed by atoms with Gasteiger partial charge in [0.1, 0.15) is 30.1 Å². The molecule has 0 radical (unpaired) electrons. The van der Waals surface area contributed by atoms with Crippen LogP contribution in [0.15, 0.2) is 48.9 Å². The summed E-state index contributed by atoms with van der Waals surface area (Å²) >= 11 is 2.01. The number of allylic oxidation sites excluding steroid dienone is 1. The van der Waals surface area contributed by atoms with Crippen LogP contribution < -0.4 is 10.2 Å². The largest absolute Gasteiger partial charge is 0.489 e. The van der Waals surface area contributed by atoms with Crippen molar-refractivity contribution in [3.05, 3.63) is 69.6 Å². The standard InChI is InChI=1S/C20H19F2IN2O3/c1-11-19(28-10-14(27)9-26)8-25(2)18-6-12(21)5-17(20(11)18)24-16-4-3-13(23)7-15(16)22/h3-8,14,24,26-27H,1,9-10H2,2H3/t14-/m1/s1. The Balaban J connectivity index is 1.98. The average Bonchev–Trinajstić information content (AvgIpc) is 2.65. The topological polar surface area (TPSA) is 65.0 Å². The zero-order chi connectivity index (χ0) is 20.4. The molecule has 0 unspecified atom stereocenters. The Labute approximate surface area is 175 Å². The van der Waals surface area contributed by atoms with E-state index in [1.54, 1.807) is 30.3 Å².